The summed E-state index contributed by atoms with van der Waals surface area (Å²) in [6.07, 6.45) is 3.61. The van der Waals surface area contributed by atoms with Gasteiger partial charge in [0.2, 0.25) is 5.91 Å². The van der Waals surface area contributed by atoms with E-state index in [0.29, 0.717) is 37.1 Å². The Labute approximate surface area is 183 Å². The van der Waals surface area contributed by atoms with Gasteiger partial charge in [0.1, 0.15) is 18.1 Å². The van der Waals surface area contributed by atoms with Gasteiger partial charge in [-0.25, -0.2) is 9.18 Å². The molecule has 1 unspecified atom stereocenters. The average Bonchev–Trinajstić information content (AvgIpc) is 3.39. The third-order valence-corrected chi connectivity index (χ3v) is 5.85. The lowest BCUT2D eigenvalue weighted by Gasteiger charge is -2.15. The fraction of sp³-hybridized carbons (Fsp3) is 0.381. The lowest BCUT2D eigenvalue weighted by atomic mass is 10.1. The van der Waals surface area contributed by atoms with Crippen molar-refractivity contribution < 1.29 is 23.5 Å². The Balaban J connectivity index is 1.40. The molecule has 2 aromatic rings. The third kappa shape index (κ3) is 4.51. The van der Waals surface area contributed by atoms with Crippen molar-refractivity contribution in [3.63, 3.8) is 0 Å². The number of amides is 3. The van der Waals surface area contributed by atoms with E-state index in [4.69, 9.17) is 16.3 Å². The Morgan fingerprint density at radius 2 is 2.13 bits per heavy atom. The number of halogens is 2. The van der Waals surface area contributed by atoms with Gasteiger partial charge in [-0.15, -0.1) is 0 Å². The summed E-state index contributed by atoms with van der Waals surface area (Å²) in [4.78, 5) is 36.3. The minimum atomic E-state index is -0.560. The second kappa shape index (κ2) is 8.58. The van der Waals surface area contributed by atoms with E-state index in [0.717, 1.165) is 11.1 Å². The van der Waals surface area contributed by atoms with Crippen LogP contribution >= 0.6 is 11.6 Å². The van der Waals surface area contributed by atoms with Crippen LogP contribution in [0.5, 0.6) is 0 Å². The Morgan fingerprint density at radius 1 is 1.32 bits per heavy atom. The van der Waals surface area contributed by atoms with Crippen LogP contribution in [-0.2, 0) is 23.0 Å². The first-order valence-corrected chi connectivity index (χ1v) is 10.4. The first-order valence-electron chi connectivity index (χ1n) is 9.99. The van der Waals surface area contributed by atoms with E-state index in [1.807, 2.05) is 6.20 Å². The molecule has 1 saturated heterocycles. The first kappa shape index (κ1) is 21.2. The molecule has 1 aliphatic carbocycles. The third-order valence-electron chi connectivity index (χ3n) is 5.56. The second-order valence-corrected chi connectivity index (χ2v) is 8.15. The van der Waals surface area contributed by atoms with Crippen molar-refractivity contribution in [2.45, 2.75) is 37.8 Å². The lowest BCUT2D eigenvalue weighted by Crippen LogP contribution is -2.34. The van der Waals surface area contributed by atoms with Gasteiger partial charge in [0.15, 0.2) is 0 Å². The zero-order chi connectivity index (χ0) is 22.1. The van der Waals surface area contributed by atoms with Gasteiger partial charge in [-0.2, -0.15) is 0 Å². The molecule has 0 bridgehead atoms. The molecule has 3 N–H and O–H groups in total. The standard InChI is InChI=1S/C21H22ClFN4O4/c1-27-9-14-13(19(27)20(29)25-11-2-5-16(23)15(22)8-11)4-6-17(14)26-21(30)31-10-12-3-7-18(28)24-12/h2,5,8-9,12,17H,3-4,6-7,10H2,1H3,(H,24,28)(H,25,29)(H,26,30)/t12-,17?/m0/s1. The first-order chi connectivity index (χ1) is 14.8. The van der Waals surface area contributed by atoms with Crippen LogP contribution in [0.1, 0.15) is 46.9 Å². The van der Waals surface area contributed by atoms with Gasteiger partial charge in [-0.1, -0.05) is 11.6 Å². The Hall–Kier alpha value is -3.07. The van der Waals surface area contributed by atoms with Crippen molar-refractivity contribution in [2.75, 3.05) is 11.9 Å². The van der Waals surface area contributed by atoms with Gasteiger partial charge >= 0.3 is 6.09 Å². The molecular formula is C21H22ClFN4O4. The van der Waals surface area contributed by atoms with Crippen LogP contribution in [0, 0.1) is 5.82 Å². The smallest absolute Gasteiger partial charge is 0.407 e. The summed E-state index contributed by atoms with van der Waals surface area (Å²) in [6, 6.07) is 3.56. The predicted octanol–water partition coefficient (Wildman–Crippen LogP) is 3.06. The van der Waals surface area contributed by atoms with Gasteiger partial charge in [0.05, 0.1) is 17.1 Å². The van der Waals surface area contributed by atoms with Crippen LogP contribution in [0.25, 0.3) is 0 Å². The average molecular weight is 449 g/mol. The number of aryl methyl sites for hydroxylation is 1. The number of nitrogens with zero attached hydrogens (tertiary/aromatic N) is 1. The normalized spacial score (nSPS) is 19.6. The number of rotatable bonds is 5. The number of fused-ring (bicyclic) bond motifs is 1. The lowest BCUT2D eigenvalue weighted by molar-refractivity contribution is -0.119. The highest BCUT2D eigenvalue weighted by Crippen LogP contribution is 2.35. The topological polar surface area (TPSA) is 101 Å². The van der Waals surface area contributed by atoms with E-state index in [1.165, 1.54) is 18.2 Å². The molecule has 1 aliphatic heterocycles. The molecule has 3 amide bonds. The molecular weight excluding hydrogens is 427 g/mol. The van der Waals surface area contributed by atoms with Gasteiger partial charge in [-0.3, -0.25) is 9.59 Å². The second-order valence-electron chi connectivity index (χ2n) is 7.74. The summed E-state index contributed by atoms with van der Waals surface area (Å²) in [5.74, 6) is -0.936. The van der Waals surface area contributed by atoms with E-state index in [9.17, 15) is 18.8 Å². The fourth-order valence-corrected chi connectivity index (χ4v) is 4.26. The van der Waals surface area contributed by atoms with Crippen LogP contribution in [0.4, 0.5) is 14.9 Å². The number of anilines is 1. The summed E-state index contributed by atoms with van der Waals surface area (Å²) in [6.45, 7) is 0.125. The highest BCUT2D eigenvalue weighted by atomic mass is 35.5. The molecule has 8 nitrogen and oxygen atoms in total. The number of ether oxygens (including phenoxy) is 1. The Bertz CT molecular complexity index is 1050. The number of benzene rings is 1. The van der Waals surface area contributed by atoms with E-state index >= 15 is 0 Å². The molecule has 1 fully saturated rings. The largest absolute Gasteiger partial charge is 0.447 e. The van der Waals surface area contributed by atoms with E-state index in [2.05, 4.69) is 16.0 Å². The van der Waals surface area contributed by atoms with E-state index in [1.54, 1.807) is 11.6 Å². The van der Waals surface area contributed by atoms with Crippen molar-refractivity contribution in [1.29, 1.82) is 0 Å². The van der Waals surface area contributed by atoms with E-state index in [-0.39, 0.29) is 35.5 Å². The van der Waals surface area contributed by atoms with Crippen molar-refractivity contribution in [2.24, 2.45) is 7.05 Å². The van der Waals surface area contributed by atoms with Crippen molar-refractivity contribution in [3.05, 3.63) is 52.1 Å². The zero-order valence-electron chi connectivity index (χ0n) is 16.8. The number of hydrogen-bond donors (Lipinski definition) is 3. The molecule has 164 valence electrons. The van der Waals surface area contributed by atoms with Gasteiger partial charge in [0.25, 0.3) is 5.91 Å². The fourth-order valence-electron chi connectivity index (χ4n) is 4.08. The maximum absolute atomic E-state index is 13.3. The molecule has 0 spiro atoms. The summed E-state index contributed by atoms with van der Waals surface area (Å²) in [5, 5.41) is 8.24. The van der Waals surface area contributed by atoms with Crippen molar-refractivity contribution in [1.82, 2.24) is 15.2 Å². The molecule has 31 heavy (non-hydrogen) atoms. The summed E-state index contributed by atoms with van der Waals surface area (Å²) >= 11 is 5.78. The molecule has 10 heteroatoms. The molecule has 2 heterocycles. The molecule has 0 radical (unpaired) electrons. The monoisotopic (exact) mass is 448 g/mol. The molecule has 1 aromatic heterocycles. The van der Waals surface area contributed by atoms with Crippen LogP contribution in [0.2, 0.25) is 5.02 Å². The minimum absolute atomic E-state index is 0.0348. The van der Waals surface area contributed by atoms with Gasteiger partial charge in [-0.05, 0) is 48.6 Å². The number of hydrogen-bond acceptors (Lipinski definition) is 4. The number of alkyl carbamates (subject to hydrolysis) is 1. The highest BCUT2D eigenvalue weighted by molar-refractivity contribution is 6.31. The molecule has 2 aliphatic rings. The Kier molecular flexibility index (Phi) is 5.86. The van der Waals surface area contributed by atoms with E-state index < -0.39 is 11.9 Å². The zero-order valence-corrected chi connectivity index (χ0v) is 17.6. The minimum Gasteiger partial charge on any atom is -0.447 e. The maximum Gasteiger partial charge on any atom is 0.407 e. The van der Waals surface area contributed by atoms with Crippen LogP contribution in [-0.4, -0.2) is 35.1 Å². The SMILES string of the molecule is Cn1cc2c(c1C(=O)Nc1ccc(F)c(Cl)c1)CCC2NC(=O)OC[C@@H]1CCC(=O)N1. The number of nitrogens with one attached hydrogen (secondary N) is 3. The summed E-state index contributed by atoms with van der Waals surface area (Å²) in [7, 11) is 1.75. The quantitative estimate of drug-likeness (QED) is 0.654. The van der Waals surface area contributed by atoms with Crippen molar-refractivity contribution in [3.8, 4) is 0 Å². The van der Waals surface area contributed by atoms with Crippen LogP contribution < -0.4 is 16.0 Å². The maximum atomic E-state index is 13.3. The van der Waals surface area contributed by atoms with Crippen molar-refractivity contribution >= 4 is 35.2 Å². The van der Waals surface area contributed by atoms with Gasteiger partial charge in [0, 0.05) is 25.4 Å². The summed E-state index contributed by atoms with van der Waals surface area (Å²) < 4.78 is 20.3. The van der Waals surface area contributed by atoms with Crippen LogP contribution in [0.15, 0.2) is 24.4 Å². The molecule has 0 saturated carbocycles. The molecule has 2 atom stereocenters. The number of aromatic nitrogens is 1. The molecule has 1 aromatic carbocycles. The highest BCUT2D eigenvalue weighted by Gasteiger charge is 2.32. The predicted molar refractivity (Wildman–Crippen MR) is 111 cm³/mol. The summed E-state index contributed by atoms with van der Waals surface area (Å²) in [5.41, 5.74) is 2.57. The number of carbonyl (C=O) groups excluding carboxylic acids is 3. The number of carbonyl (C=O) groups is 3. The van der Waals surface area contributed by atoms with Crippen LogP contribution in [0.3, 0.4) is 0 Å². The Morgan fingerprint density at radius 3 is 2.84 bits per heavy atom. The van der Waals surface area contributed by atoms with Gasteiger partial charge < -0.3 is 25.3 Å². The molecule has 4 rings (SSSR count).